The van der Waals surface area contributed by atoms with E-state index in [2.05, 4.69) is 20.2 Å². The molecule has 1 saturated heterocycles. The van der Waals surface area contributed by atoms with E-state index in [0.717, 1.165) is 25.4 Å². The number of hydrogen-bond donors (Lipinski definition) is 1. The maximum absolute atomic E-state index is 11.7. The second-order valence-electron chi connectivity index (χ2n) is 5.19. The average molecular weight is 323 g/mol. The van der Waals surface area contributed by atoms with E-state index in [0.29, 0.717) is 38.7 Å². The topological polar surface area (TPSA) is 79.8 Å². The molecule has 8 nitrogen and oxygen atoms in total. The SMILES string of the molecule is CCOC(=O)N1CCN(c2nccc(NCCCOC)n2)CC1. The van der Waals surface area contributed by atoms with Crippen LogP contribution in [0.4, 0.5) is 16.6 Å². The fourth-order valence-corrected chi connectivity index (χ4v) is 2.34. The number of anilines is 2. The van der Waals surface area contributed by atoms with Crippen LogP contribution in [0.3, 0.4) is 0 Å². The van der Waals surface area contributed by atoms with E-state index < -0.39 is 0 Å². The van der Waals surface area contributed by atoms with Gasteiger partial charge in [-0.1, -0.05) is 0 Å². The fourth-order valence-electron chi connectivity index (χ4n) is 2.34. The smallest absolute Gasteiger partial charge is 0.409 e. The summed E-state index contributed by atoms with van der Waals surface area (Å²) in [4.78, 5) is 24.4. The van der Waals surface area contributed by atoms with Crippen LogP contribution in [0.2, 0.25) is 0 Å². The molecule has 1 aromatic rings. The number of hydrogen-bond acceptors (Lipinski definition) is 7. The van der Waals surface area contributed by atoms with E-state index in [4.69, 9.17) is 9.47 Å². The molecule has 0 spiro atoms. The van der Waals surface area contributed by atoms with Gasteiger partial charge >= 0.3 is 6.09 Å². The highest BCUT2D eigenvalue weighted by Crippen LogP contribution is 2.14. The van der Waals surface area contributed by atoms with Gasteiger partial charge in [0.05, 0.1) is 6.61 Å². The van der Waals surface area contributed by atoms with Gasteiger partial charge in [0.25, 0.3) is 0 Å². The predicted octanol–water partition coefficient (Wildman–Crippen LogP) is 1.20. The monoisotopic (exact) mass is 323 g/mol. The second kappa shape index (κ2) is 9.14. The van der Waals surface area contributed by atoms with Gasteiger partial charge in [0.2, 0.25) is 5.95 Å². The molecule has 1 aromatic heterocycles. The van der Waals surface area contributed by atoms with Gasteiger partial charge in [-0.2, -0.15) is 4.98 Å². The number of amides is 1. The maximum atomic E-state index is 11.7. The van der Waals surface area contributed by atoms with Gasteiger partial charge in [0, 0.05) is 52.6 Å². The molecule has 1 aliphatic rings. The summed E-state index contributed by atoms with van der Waals surface area (Å²) in [6, 6.07) is 1.85. The first-order valence-corrected chi connectivity index (χ1v) is 7.97. The number of ether oxygens (including phenoxy) is 2. The molecule has 1 fully saturated rings. The van der Waals surface area contributed by atoms with Gasteiger partial charge in [-0.15, -0.1) is 0 Å². The molecule has 23 heavy (non-hydrogen) atoms. The molecule has 1 N–H and O–H groups in total. The minimum Gasteiger partial charge on any atom is -0.450 e. The maximum Gasteiger partial charge on any atom is 0.409 e. The molecular weight excluding hydrogens is 298 g/mol. The van der Waals surface area contributed by atoms with Crippen molar-refractivity contribution < 1.29 is 14.3 Å². The van der Waals surface area contributed by atoms with Crippen LogP contribution in [0.25, 0.3) is 0 Å². The highest BCUT2D eigenvalue weighted by atomic mass is 16.6. The zero-order valence-electron chi connectivity index (χ0n) is 13.8. The molecular formula is C15H25N5O3. The summed E-state index contributed by atoms with van der Waals surface area (Å²) in [5.41, 5.74) is 0. The van der Waals surface area contributed by atoms with Gasteiger partial charge in [-0.3, -0.25) is 0 Å². The van der Waals surface area contributed by atoms with Crippen molar-refractivity contribution in [2.75, 3.05) is 63.3 Å². The molecule has 1 amide bonds. The quantitative estimate of drug-likeness (QED) is 0.755. The molecule has 0 aromatic carbocycles. The van der Waals surface area contributed by atoms with Crippen LogP contribution < -0.4 is 10.2 Å². The zero-order valence-corrected chi connectivity index (χ0v) is 13.8. The van der Waals surface area contributed by atoms with Crippen molar-refractivity contribution in [2.24, 2.45) is 0 Å². The number of nitrogens with one attached hydrogen (secondary N) is 1. The summed E-state index contributed by atoms with van der Waals surface area (Å²) in [5, 5.41) is 3.26. The van der Waals surface area contributed by atoms with Gasteiger partial charge in [-0.05, 0) is 19.4 Å². The molecule has 1 aliphatic heterocycles. The molecule has 2 rings (SSSR count). The van der Waals surface area contributed by atoms with Crippen molar-refractivity contribution >= 4 is 17.9 Å². The normalized spacial score (nSPS) is 14.7. The minimum atomic E-state index is -0.248. The second-order valence-corrected chi connectivity index (χ2v) is 5.19. The summed E-state index contributed by atoms with van der Waals surface area (Å²) < 4.78 is 10.0. The Kier molecular flexibility index (Phi) is 6.86. The van der Waals surface area contributed by atoms with E-state index in [1.165, 1.54) is 0 Å². The van der Waals surface area contributed by atoms with Crippen LogP contribution in [0.15, 0.2) is 12.3 Å². The zero-order chi connectivity index (χ0) is 16.5. The van der Waals surface area contributed by atoms with Gasteiger partial charge in [0.15, 0.2) is 0 Å². The van der Waals surface area contributed by atoms with E-state index >= 15 is 0 Å². The Morgan fingerprint density at radius 2 is 2.13 bits per heavy atom. The Balaban J connectivity index is 1.84. The first-order valence-electron chi connectivity index (χ1n) is 7.97. The minimum absolute atomic E-state index is 0.248. The van der Waals surface area contributed by atoms with E-state index in [9.17, 15) is 4.79 Å². The number of piperazine rings is 1. The van der Waals surface area contributed by atoms with E-state index in [1.807, 2.05) is 13.0 Å². The number of nitrogens with zero attached hydrogens (tertiary/aromatic N) is 4. The third-order valence-corrected chi connectivity index (χ3v) is 3.56. The third-order valence-electron chi connectivity index (χ3n) is 3.56. The lowest BCUT2D eigenvalue weighted by molar-refractivity contribution is 0.105. The predicted molar refractivity (Wildman–Crippen MR) is 87.8 cm³/mol. The number of methoxy groups -OCH3 is 1. The number of carbonyl (C=O) groups is 1. The molecule has 0 atom stereocenters. The molecule has 128 valence electrons. The third kappa shape index (κ3) is 5.24. The van der Waals surface area contributed by atoms with Crippen LogP contribution in [0.1, 0.15) is 13.3 Å². The van der Waals surface area contributed by atoms with Crippen LogP contribution >= 0.6 is 0 Å². The standard InChI is InChI=1S/C15H25N5O3/c1-3-23-15(21)20-10-8-19(9-11-20)14-17-7-5-13(18-14)16-6-4-12-22-2/h5,7H,3-4,6,8-12H2,1-2H3,(H,16,17,18). The Labute approximate surface area is 136 Å². The molecule has 8 heteroatoms. The lowest BCUT2D eigenvalue weighted by atomic mass is 10.3. The highest BCUT2D eigenvalue weighted by molar-refractivity contribution is 5.68. The van der Waals surface area contributed by atoms with Crippen LogP contribution in [-0.2, 0) is 9.47 Å². The molecule has 0 radical (unpaired) electrons. The van der Waals surface area contributed by atoms with Crippen LogP contribution in [0, 0.1) is 0 Å². The Bertz CT molecular complexity index is 492. The summed E-state index contributed by atoms with van der Waals surface area (Å²) in [5.74, 6) is 1.49. The van der Waals surface area contributed by atoms with Crippen molar-refractivity contribution in [1.82, 2.24) is 14.9 Å². The fraction of sp³-hybridized carbons (Fsp3) is 0.667. The Morgan fingerprint density at radius 1 is 1.35 bits per heavy atom. The number of aromatic nitrogens is 2. The summed E-state index contributed by atoms with van der Waals surface area (Å²) >= 11 is 0. The summed E-state index contributed by atoms with van der Waals surface area (Å²) in [7, 11) is 1.69. The Hall–Kier alpha value is -2.09. The van der Waals surface area contributed by atoms with E-state index in [-0.39, 0.29) is 6.09 Å². The molecule has 2 heterocycles. The summed E-state index contributed by atoms with van der Waals surface area (Å²) in [6.07, 6.45) is 2.42. The van der Waals surface area contributed by atoms with Crippen molar-refractivity contribution in [3.63, 3.8) is 0 Å². The van der Waals surface area contributed by atoms with E-state index in [1.54, 1.807) is 18.2 Å². The van der Waals surface area contributed by atoms with Crippen LogP contribution in [-0.4, -0.2) is 74.0 Å². The van der Waals surface area contributed by atoms with Gasteiger partial charge < -0.3 is 24.6 Å². The number of rotatable bonds is 7. The van der Waals surface area contributed by atoms with Crippen molar-refractivity contribution in [3.8, 4) is 0 Å². The summed E-state index contributed by atoms with van der Waals surface area (Å²) in [6.45, 7) is 6.38. The molecule has 0 aliphatic carbocycles. The van der Waals surface area contributed by atoms with Crippen molar-refractivity contribution in [3.05, 3.63) is 12.3 Å². The lowest BCUT2D eigenvalue weighted by Crippen LogP contribution is -2.49. The van der Waals surface area contributed by atoms with Crippen molar-refractivity contribution in [2.45, 2.75) is 13.3 Å². The van der Waals surface area contributed by atoms with Crippen LogP contribution in [0.5, 0.6) is 0 Å². The van der Waals surface area contributed by atoms with Gasteiger partial charge in [0.1, 0.15) is 5.82 Å². The van der Waals surface area contributed by atoms with Gasteiger partial charge in [-0.25, -0.2) is 9.78 Å². The average Bonchev–Trinajstić information content (AvgIpc) is 2.59. The van der Waals surface area contributed by atoms with Crippen molar-refractivity contribution in [1.29, 1.82) is 0 Å². The molecule has 0 bridgehead atoms. The first kappa shape index (κ1) is 17.3. The largest absolute Gasteiger partial charge is 0.450 e. The molecule has 0 unspecified atom stereocenters. The molecule has 0 saturated carbocycles. The highest BCUT2D eigenvalue weighted by Gasteiger charge is 2.23. The number of carbonyl (C=O) groups excluding carboxylic acids is 1. The lowest BCUT2D eigenvalue weighted by Gasteiger charge is -2.34. The Morgan fingerprint density at radius 3 is 2.83 bits per heavy atom. The first-order chi connectivity index (χ1) is 11.2.